The van der Waals surface area contributed by atoms with Gasteiger partial charge in [0.25, 0.3) is 0 Å². The van der Waals surface area contributed by atoms with Crippen molar-refractivity contribution in [1.82, 2.24) is 48.8 Å². The average Bonchev–Trinajstić information content (AvgIpc) is 4.20. The van der Waals surface area contributed by atoms with E-state index in [1.54, 1.807) is 39.0 Å². The smallest absolute Gasteiger partial charge is 0.414 e. The van der Waals surface area contributed by atoms with Crippen LogP contribution in [-0.2, 0) is 35.5 Å². The Bertz CT molecular complexity index is 2720. The Kier molecular flexibility index (Phi) is 16.5. The first-order valence-corrected chi connectivity index (χ1v) is 23.3. The lowest BCUT2D eigenvalue weighted by Gasteiger charge is -2.18. The van der Waals surface area contributed by atoms with E-state index in [9.17, 15) is 0 Å². The summed E-state index contributed by atoms with van der Waals surface area (Å²) in [7, 11) is 3.40. The molecule has 70 heavy (non-hydrogen) atoms. The predicted octanol–water partition coefficient (Wildman–Crippen LogP) is 6.38. The Balaban J connectivity index is 0.000000169. The number of para-hydroxylation sites is 4. The maximum atomic E-state index is 9.10. The molecule has 0 amide bonds. The standard InChI is InChI=1S/2C25H28N6O.C2H2O4/c2*1-32-22-8-6-19(7-9-22)10-14-30-15-11-20(17-30)28-25-29-23-4-2-3-5-24(23)31(25)18-21-16-26-12-13-27-21;3-1(4)2(5)6/h2*2-9,12-13,16,20H,10-11,14-15,17-18H2,1H3,(H,28,29);(H,3,4)(H,5,6). The van der Waals surface area contributed by atoms with Gasteiger partial charge in [0.2, 0.25) is 11.9 Å². The molecule has 4 aromatic heterocycles. The number of nitrogens with zero attached hydrogens (tertiary/aromatic N) is 10. The van der Waals surface area contributed by atoms with Crippen LogP contribution in [-0.4, -0.2) is 137 Å². The number of aliphatic carboxylic acids is 2. The van der Waals surface area contributed by atoms with Gasteiger partial charge in [0.15, 0.2) is 0 Å². The summed E-state index contributed by atoms with van der Waals surface area (Å²) in [6.07, 6.45) is 14.8. The van der Waals surface area contributed by atoms with Gasteiger partial charge >= 0.3 is 11.9 Å². The molecule has 0 bridgehead atoms. The zero-order valence-electron chi connectivity index (χ0n) is 39.3. The lowest BCUT2D eigenvalue weighted by atomic mass is 10.1. The molecule has 2 unspecified atom stereocenters. The van der Waals surface area contributed by atoms with E-state index in [0.29, 0.717) is 25.2 Å². The number of aromatic nitrogens is 8. The number of fused-ring (bicyclic) bond motifs is 2. The van der Waals surface area contributed by atoms with E-state index in [1.807, 2.05) is 48.8 Å². The van der Waals surface area contributed by atoms with Gasteiger partial charge in [0, 0.05) is 76.1 Å². The molecule has 0 spiro atoms. The summed E-state index contributed by atoms with van der Waals surface area (Å²) in [5, 5.41) is 22.2. The molecule has 18 heteroatoms. The monoisotopic (exact) mass is 946 g/mol. The number of anilines is 2. The van der Waals surface area contributed by atoms with Gasteiger partial charge < -0.3 is 49.3 Å². The topological polar surface area (TPSA) is 211 Å². The second-order valence-electron chi connectivity index (χ2n) is 17.1. The molecular formula is C52H58N12O6. The Labute approximate surface area is 406 Å². The van der Waals surface area contributed by atoms with Crippen LogP contribution in [0.1, 0.15) is 35.4 Å². The number of carbonyl (C=O) groups is 2. The molecule has 18 nitrogen and oxygen atoms in total. The van der Waals surface area contributed by atoms with Crippen LogP contribution in [0, 0.1) is 0 Å². The molecule has 6 heterocycles. The summed E-state index contributed by atoms with van der Waals surface area (Å²) in [6, 6.07) is 34.0. The van der Waals surface area contributed by atoms with Crippen molar-refractivity contribution < 1.29 is 29.3 Å². The first-order chi connectivity index (χ1) is 34.2. The average molecular weight is 947 g/mol. The third-order valence-corrected chi connectivity index (χ3v) is 12.3. The molecule has 4 aromatic carbocycles. The maximum absolute atomic E-state index is 9.10. The van der Waals surface area contributed by atoms with E-state index < -0.39 is 11.9 Å². The number of hydrogen-bond acceptors (Lipinski definition) is 14. The Hall–Kier alpha value is -7.96. The number of ether oxygens (including phenoxy) is 2. The number of rotatable bonds is 16. The van der Waals surface area contributed by atoms with Gasteiger partial charge in [0.1, 0.15) is 11.5 Å². The molecule has 2 atom stereocenters. The SMILES string of the molecule is COc1ccc(CCN2CCC(Nc3nc4ccccc4n3Cc3cnccn3)C2)cc1.COc1ccc(CCN2CCC(Nc3nc4ccccc4n3Cc3cnccn3)C2)cc1.O=C(O)C(=O)O. The first kappa shape index (κ1) is 48.5. The molecule has 2 aliphatic heterocycles. The number of imidazole rings is 2. The number of carboxylic acid groups (broad SMARTS) is 2. The Morgan fingerprint density at radius 3 is 1.37 bits per heavy atom. The van der Waals surface area contributed by atoms with Crippen molar-refractivity contribution in [2.45, 2.75) is 50.9 Å². The molecule has 10 rings (SSSR count). The van der Waals surface area contributed by atoms with E-state index in [-0.39, 0.29) is 0 Å². The number of carboxylic acids is 2. The van der Waals surface area contributed by atoms with Gasteiger partial charge in [-0.3, -0.25) is 19.9 Å². The van der Waals surface area contributed by atoms with Crippen LogP contribution < -0.4 is 20.1 Å². The molecule has 2 saturated heterocycles. The van der Waals surface area contributed by atoms with E-state index in [4.69, 9.17) is 39.2 Å². The van der Waals surface area contributed by atoms with Crippen LogP contribution in [0.3, 0.4) is 0 Å². The molecule has 2 aliphatic rings. The highest BCUT2D eigenvalue weighted by Gasteiger charge is 2.26. The van der Waals surface area contributed by atoms with E-state index in [2.05, 4.69) is 110 Å². The zero-order chi connectivity index (χ0) is 48.7. The Morgan fingerprint density at radius 1 is 0.586 bits per heavy atom. The molecule has 2 fully saturated rings. The van der Waals surface area contributed by atoms with Crippen molar-refractivity contribution in [3.63, 3.8) is 0 Å². The highest BCUT2D eigenvalue weighted by atomic mass is 16.5. The highest BCUT2D eigenvalue weighted by Crippen LogP contribution is 2.25. The van der Waals surface area contributed by atoms with Gasteiger partial charge in [0.05, 0.1) is 73.2 Å². The Morgan fingerprint density at radius 2 is 1.00 bits per heavy atom. The molecule has 8 aromatic rings. The predicted molar refractivity (Wildman–Crippen MR) is 267 cm³/mol. The number of benzene rings is 4. The van der Waals surface area contributed by atoms with Crippen molar-refractivity contribution in [1.29, 1.82) is 0 Å². The van der Waals surface area contributed by atoms with Crippen molar-refractivity contribution in [2.75, 3.05) is 64.1 Å². The van der Waals surface area contributed by atoms with Crippen LogP contribution in [0.5, 0.6) is 11.5 Å². The van der Waals surface area contributed by atoms with Gasteiger partial charge in [-0.05, 0) is 85.3 Å². The molecule has 362 valence electrons. The normalized spacial score (nSPS) is 15.7. The van der Waals surface area contributed by atoms with E-state index in [0.717, 1.165) is 122 Å². The number of likely N-dealkylation sites (tertiary alicyclic amines) is 2. The second-order valence-corrected chi connectivity index (χ2v) is 17.1. The minimum Gasteiger partial charge on any atom is -0.497 e. The minimum absolute atomic E-state index is 0.378. The van der Waals surface area contributed by atoms with Crippen LogP contribution >= 0.6 is 0 Å². The lowest BCUT2D eigenvalue weighted by molar-refractivity contribution is -0.159. The molecule has 0 aliphatic carbocycles. The summed E-state index contributed by atoms with van der Waals surface area (Å²) in [5.41, 5.74) is 8.73. The first-order valence-electron chi connectivity index (χ1n) is 23.3. The zero-order valence-corrected chi connectivity index (χ0v) is 39.3. The van der Waals surface area contributed by atoms with E-state index in [1.165, 1.54) is 11.1 Å². The summed E-state index contributed by atoms with van der Waals surface area (Å²) < 4.78 is 14.9. The minimum atomic E-state index is -1.82. The van der Waals surface area contributed by atoms with Crippen molar-refractivity contribution in [3.05, 3.63) is 157 Å². The van der Waals surface area contributed by atoms with Crippen molar-refractivity contribution in [3.8, 4) is 11.5 Å². The summed E-state index contributed by atoms with van der Waals surface area (Å²) in [6.45, 7) is 7.63. The highest BCUT2D eigenvalue weighted by molar-refractivity contribution is 6.27. The number of methoxy groups -OCH3 is 2. The largest absolute Gasteiger partial charge is 0.497 e. The van der Waals surface area contributed by atoms with Crippen molar-refractivity contribution >= 4 is 45.9 Å². The van der Waals surface area contributed by atoms with Crippen LogP contribution in [0.4, 0.5) is 11.9 Å². The third-order valence-electron chi connectivity index (χ3n) is 12.3. The number of nitrogens with one attached hydrogen (secondary N) is 2. The fraction of sp³-hybridized carbons (Fsp3) is 0.308. The van der Waals surface area contributed by atoms with Crippen LogP contribution in [0.15, 0.2) is 134 Å². The lowest BCUT2D eigenvalue weighted by Crippen LogP contribution is -2.28. The number of hydrogen-bond donors (Lipinski definition) is 4. The summed E-state index contributed by atoms with van der Waals surface area (Å²) in [5.74, 6) is -0.0326. The maximum Gasteiger partial charge on any atom is 0.414 e. The van der Waals surface area contributed by atoms with Crippen LogP contribution in [0.2, 0.25) is 0 Å². The molecule has 4 N–H and O–H groups in total. The van der Waals surface area contributed by atoms with Gasteiger partial charge in [-0.2, -0.15) is 0 Å². The molecular weight excluding hydrogens is 889 g/mol. The second kappa shape index (κ2) is 23.9. The van der Waals surface area contributed by atoms with Gasteiger partial charge in [-0.1, -0.05) is 48.5 Å². The fourth-order valence-electron chi connectivity index (χ4n) is 8.67. The quantitative estimate of drug-likeness (QED) is 0.0775. The van der Waals surface area contributed by atoms with Gasteiger partial charge in [-0.25, -0.2) is 19.6 Å². The third kappa shape index (κ3) is 13.2. The van der Waals surface area contributed by atoms with Gasteiger partial charge in [-0.15, -0.1) is 0 Å². The summed E-state index contributed by atoms with van der Waals surface area (Å²) in [4.78, 5) is 50.3. The fourth-order valence-corrected chi connectivity index (χ4v) is 8.67. The van der Waals surface area contributed by atoms with E-state index >= 15 is 0 Å². The summed E-state index contributed by atoms with van der Waals surface area (Å²) >= 11 is 0. The molecule has 0 radical (unpaired) electrons. The molecule has 0 saturated carbocycles. The van der Waals surface area contributed by atoms with Crippen LogP contribution in [0.25, 0.3) is 22.1 Å². The van der Waals surface area contributed by atoms with Crippen molar-refractivity contribution in [2.24, 2.45) is 0 Å².